The van der Waals surface area contributed by atoms with E-state index in [0.29, 0.717) is 0 Å². The first-order chi connectivity index (χ1) is 12.1. The summed E-state index contributed by atoms with van der Waals surface area (Å²) in [6.07, 6.45) is 1.75. The first kappa shape index (κ1) is 23.5. The van der Waals surface area contributed by atoms with E-state index in [1.165, 1.54) is 0 Å². The van der Waals surface area contributed by atoms with E-state index in [1.807, 2.05) is 50.4 Å². The summed E-state index contributed by atoms with van der Waals surface area (Å²) in [6.45, 7) is 14.8. The Labute approximate surface area is 159 Å². The lowest BCUT2D eigenvalue weighted by atomic mass is 10.2. The van der Waals surface area contributed by atoms with Crippen molar-refractivity contribution in [3.05, 3.63) is 54.6 Å². The number of benzene rings is 1. The van der Waals surface area contributed by atoms with E-state index in [2.05, 4.69) is 18.1 Å². The highest BCUT2D eigenvalue weighted by Crippen LogP contribution is 2.29. The number of aromatic nitrogens is 1. The fourth-order valence-corrected chi connectivity index (χ4v) is 3.23. The van der Waals surface area contributed by atoms with Crippen LogP contribution in [0.2, 0.25) is 0 Å². The van der Waals surface area contributed by atoms with Gasteiger partial charge in [0.2, 0.25) is 0 Å². The van der Waals surface area contributed by atoms with Gasteiger partial charge >= 0.3 is 0 Å². The average molecular weight is 382 g/mol. The molecule has 1 heterocycles. The van der Waals surface area contributed by atoms with E-state index in [4.69, 9.17) is 9.47 Å². The van der Waals surface area contributed by atoms with E-state index in [9.17, 15) is 4.79 Å². The first-order valence-electron chi connectivity index (χ1n) is 7.98. The number of ketones is 1. The van der Waals surface area contributed by atoms with Crippen LogP contribution in [0.3, 0.4) is 0 Å². The zero-order valence-corrected chi connectivity index (χ0v) is 17.0. The van der Waals surface area contributed by atoms with Crippen LogP contribution < -0.4 is 0 Å². The average Bonchev–Trinajstić information content (AvgIpc) is 3.11. The molecule has 0 N–H and O–H groups in total. The molecule has 2 aromatic rings. The fraction of sp³-hybridized carbons (Fsp3) is 0.368. The van der Waals surface area contributed by atoms with Gasteiger partial charge in [-0.2, -0.15) is 0 Å². The molecule has 0 unspecified atom stereocenters. The third kappa shape index (κ3) is 10.9. The van der Waals surface area contributed by atoms with Gasteiger partial charge in [-0.15, -0.1) is 24.5 Å². The van der Waals surface area contributed by atoms with Crippen molar-refractivity contribution in [3.8, 4) is 0 Å². The molecular weight excluding hydrogens is 354 g/mol. The van der Waals surface area contributed by atoms with Crippen LogP contribution in [0.15, 0.2) is 58.2 Å². The highest BCUT2D eigenvalue weighted by atomic mass is 32.2. The molecule has 0 fully saturated rings. The molecule has 138 valence electrons. The number of Topliss-reactive ketones (excluding diaryl/α,β-unsaturated/α-hetero) is 1. The van der Waals surface area contributed by atoms with Crippen LogP contribution in [0, 0.1) is 0 Å². The largest absolute Gasteiger partial charge is 0.353 e. The minimum atomic E-state index is -0.0370. The quantitative estimate of drug-likeness (QED) is 0.349. The number of hydrogen-bond acceptors (Lipinski definition) is 6. The second-order valence-electron chi connectivity index (χ2n) is 4.46. The van der Waals surface area contributed by atoms with Crippen LogP contribution in [0.25, 0.3) is 0 Å². The molecule has 0 radical (unpaired) electrons. The van der Waals surface area contributed by atoms with Crippen LogP contribution in [0.5, 0.6) is 0 Å². The summed E-state index contributed by atoms with van der Waals surface area (Å²) in [7, 11) is 0. The molecule has 0 amide bonds. The van der Waals surface area contributed by atoms with E-state index in [0.717, 1.165) is 28.0 Å². The molecule has 0 aliphatic heterocycles. The minimum absolute atomic E-state index is 0.0370. The first-order valence-corrected chi connectivity index (χ1v) is 9.68. The third-order valence-corrected chi connectivity index (χ3v) is 4.57. The van der Waals surface area contributed by atoms with Gasteiger partial charge in [-0.1, -0.05) is 23.9 Å². The van der Waals surface area contributed by atoms with Gasteiger partial charge in [-0.3, -0.25) is 4.79 Å². The SMILES string of the molecule is C=C.CC(=O)c1ccc(Sc2nccs2)cc1.CCOC(C)OCC. The standard InChI is InChI=1S/C11H9NOS2.C6H14O2.C2H4/c1-8(13)9-2-4-10(5-3-9)15-11-12-6-7-14-11;1-4-7-6(3)8-5-2;1-2/h2-7H,1H3;6H,4-5H2,1-3H3;1-2H2. The van der Waals surface area contributed by atoms with Crippen molar-refractivity contribution in [1.82, 2.24) is 4.98 Å². The molecule has 0 spiro atoms. The molecule has 0 aliphatic carbocycles. The van der Waals surface area contributed by atoms with Crippen LogP contribution in [-0.2, 0) is 9.47 Å². The summed E-state index contributed by atoms with van der Waals surface area (Å²) in [5, 5.41) is 1.95. The van der Waals surface area contributed by atoms with Crippen molar-refractivity contribution in [2.45, 2.75) is 43.2 Å². The lowest BCUT2D eigenvalue weighted by Crippen LogP contribution is -2.11. The minimum Gasteiger partial charge on any atom is -0.353 e. The molecule has 4 nitrogen and oxygen atoms in total. The lowest BCUT2D eigenvalue weighted by Gasteiger charge is -2.09. The highest BCUT2D eigenvalue weighted by molar-refractivity contribution is 8.01. The van der Waals surface area contributed by atoms with E-state index < -0.39 is 0 Å². The van der Waals surface area contributed by atoms with Crippen LogP contribution >= 0.6 is 23.1 Å². The van der Waals surface area contributed by atoms with Crippen LogP contribution in [0.4, 0.5) is 0 Å². The number of carbonyl (C=O) groups excluding carboxylic acids is 1. The zero-order valence-electron chi connectivity index (χ0n) is 15.4. The maximum absolute atomic E-state index is 11.1. The smallest absolute Gasteiger partial charge is 0.159 e. The van der Waals surface area contributed by atoms with Crippen molar-refractivity contribution in [1.29, 1.82) is 0 Å². The van der Waals surface area contributed by atoms with Gasteiger partial charge in [-0.05, 0) is 39.8 Å². The van der Waals surface area contributed by atoms with Gasteiger partial charge in [0, 0.05) is 35.2 Å². The van der Waals surface area contributed by atoms with Gasteiger partial charge in [0.25, 0.3) is 0 Å². The van der Waals surface area contributed by atoms with Gasteiger partial charge in [0.05, 0.1) is 0 Å². The van der Waals surface area contributed by atoms with E-state index >= 15 is 0 Å². The van der Waals surface area contributed by atoms with Crippen molar-refractivity contribution in [2.24, 2.45) is 0 Å². The maximum Gasteiger partial charge on any atom is 0.159 e. The van der Waals surface area contributed by atoms with Gasteiger partial charge in [0.1, 0.15) is 0 Å². The Balaban J connectivity index is 0.000000493. The number of rotatable bonds is 7. The number of hydrogen-bond donors (Lipinski definition) is 0. The van der Waals surface area contributed by atoms with Crippen molar-refractivity contribution in [2.75, 3.05) is 13.2 Å². The summed E-state index contributed by atoms with van der Waals surface area (Å²) < 4.78 is 11.1. The van der Waals surface area contributed by atoms with Crippen molar-refractivity contribution in [3.63, 3.8) is 0 Å². The molecular formula is C19H27NO3S2. The molecule has 6 heteroatoms. The molecule has 0 saturated carbocycles. The Morgan fingerprint density at radius 2 is 1.76 bits per heavy atom. The van der Waals surface area contributed by atoms with E-state index in [1.54, 1.807) is 36.2 Å². The maximum atomic E-state index is 11.1. The van der Waals surface area contributed by atoms with Crippen molar-refractivity contribution < 1.29 is 14.3 Å². The molecule has 0 bridgehead atoms. The molecule has 0 saturated heterocycles. The topological polar surface area (TPSA) is 48.4 Å². The molecule has 25 heavy (non-hydrogen) atoms. The number of ether oxygens (including phenoxy) is 2. The summed E-state index contributed by atoms with van der Waals surface area (Å²) in [4.78, 5) is 16.3. The Bertz CT molecular complexity index is 565. The molecule has 0 aliphatic rings. The predicted molar refractivity (Wildman–Crippen MR) is 107 cm³/mol. The monoisotopic (exact) mass is 381 g/mol. The number of nitrogens with zero attached hydrogens (tertiary/aromatic N) is 1. The summed E-state index contributed by atoms with van der Waals surface area (Å²) in [5.74, 6) is 0.0980. The van der Waals surface area contributed by atoms with Crippen molar-refractivity contribution >= 4 is 28.9 Å². The van der Waals surface area contributed by atoms with Gasteiger partial charge in [-0.25, -0.2) is 4.98 Å². The molecule has 2 rings (SSSR count). The Hall–Kier alpha value is -1.47. The van der Waals surface area contributed by atoms with Gasteiger partial charge in [0.15, 0.2) is 16.4 Å². The van der Waals surface area contributed by atoms with Crippen LogP contribution in [-0.4, -0.2) is 30.3 Å². The highest BCUT2D eigenvalue weighted by Gasteiger charge is 2.01. The Morgan fingerprint density at radius 3 is 2.16 bits per heavy atom. The Kier molecular flexibility index (Phi) is 14.0. The molecule has 1 aromatic carbocycles. The normalized spacial score (nSPS) is 9.64. The fourth-order valence-electron chi connectivity index (χ4n) is 1.64. The zero-order chi connectivity index (χ0) is 19.1. The van der Waals surface area contributed by atoms with Crippen LogP contribution in [0.1, 0.15) is 38.1 Å². The van der Waals surface area contributed by atoms with Gasteiger partial charge < -0.3 is 9.47 Å². The second-order valence-corrected chi connectivity index (χ2v) is 6.67. The Morgan fingerprint density at radius 1 is 1.20 bits per heavy atom. The lowest BCUT2D eigenvalue weighted by molar-refractivity contribution is -0.123. The second kappa shape index (κ2) is 14.8. The third-order valence-electron chi connectivity index (χ3n) is 2.68. The molecule has 1 aromatic heterocycles. The summed E-state index contributed by atoms with van der Waals surface area (Å²) in [6, 6.07) is 7.59. The summed E-state index contributed by atoms with van der Waals surface area (Å²) >= 11 is 3.22. The number of carbonyl (C=O) groups is 1. The number of thiazole rings is 1. The summed E-state index contributed by atoms with van der Waals surface area (Å²) in [5.41, 5.74) is 0.749. The predicted octanol–water partition coefficient (Wildman–Crippen LogP) is 5.70. The van der Waals surface area contributed by atoms with E-state index in [-0.39, 0.29) is 12.1 Å². The molecule has 0 atom stereocenters.